The highest BCUT2D eigenvalue weighted by molar-refractivity contribution is 6.17. The van der Waals surface area contributed by atoms with E-state index in [2.05, 4.69) is 24.3 Å². The fourth-order valence-corrected chi connectivity index (χ4v) is 6.74. The molecule has 0 saturated carbocycles. The van der Waals surface area contributed by atoms with Crippen molar-refractivity contribution in [2.24, 2.45) is 0 Å². The number of carboxylic acid groups (broad SMARTS) is 1. The first kappa shape index (κ1) is 27.2. The van der Waals surface area contributed by atoms with Crippen molar-refractivity contribution in [1.29, 1.82) is 0 Å². The van der Waals surface area contributed by atoms with E-state index in [0.717, 1.165) is 76.5 Å². The molecule has 4 N–H and O–H groups in total. The summed E-state index contributed by atoms with van der Waals surface area (Å²) in [7, 11) is 0. The first-order valence-corrected chi connectivity index (χ1v) is 14.9. The Hall–Kier alpha value is -6.33. The molecule has 0 amide bonds. The van der Waals surface area contributed by atoms with Crippen LogP contribution in [0.15, 0.2) is 133 Å². The van der Waals surface area contributed by atoms with Crippen LogP contribution in [0.1, 0.15) is 10.4 Å². The summed E-state index contributed by atoms with van der Waals surface area (Å²) < 4.78 is 0. The lowest BCUT2D eigenvalue weighted by atomic mass is 9.81. The number of aromatic carboxylic acids is 1. The number of phenols is 3. The molecule has 8 aromatic rings. The number of hydrogen-bond acceptors (Lipinski definition) is 4. The summed E-state index contributed by atoms with van der Waals surface area (Å²) in [6.07, 6.45) is 0. The Labute approximate surface area is 263 Å². The van der Waals surface area contributed by atoms with E-state index in [9.17, 15) is 25.2 Å². The third-order valence-electron chi connectivity index (χ3n) is 8.82. The molecular weight excluding hydrogens is 572 g/mol. The Morgan fingerprint density at radius 1 is 0.435 bits per heavy atom. The molecule has 0 aliphatic rings. The largest absolute Gasteiger partial charge is 0.508 e. The van der Waals surface area contributed by atoms with E-state index in [0.29, 0.717) is 0 Å². The number of rotatable bonds is 4. The quantitative estimate of drug-likeness (QED) is 0.162. The molecule has 0 heterocycles. The molecule has 46 heavy (non-hydrogen) atoms. The van der Waals surface area contributed by atoms with Gasteiger partial charge in [0, 0.05) is 5.39 Å². The molecule has 0 aliphatic heterocycles. The average molecular weight is 599 g/mol. The molecule has 0 bridgehead atoms. The predicted molar refractivity (Wildman–Crippen MR) is 185 cm³/mol. The fraction of sp³-hybridized carbons (Fsp3) is 0. The number of fused-ring (bicyclic) bond motifs is 4. The summed E-state index contributed by atoms with van der Waals surface area (Å²) in [6, 6.07) is 41.4. The zero-order valence-electron chi connectivity index (χ0n) is 24.4. The number of carbonyl (C=O) groups is 1. The van der Waals surface area contributed by atoms with Gasteiger partial charge in [-0.15, -0.1) is 0 Å². The third kappa shape index (κ3) is 4.37. The lowest BCUT2D eigenvalue weighted by Crippen LogP contribution is -1.96. The van der Waals surface area contributed by atoms with Gasteiger partial charge in [0.15, 0.2) is 0 Å². The zero-order valence-corrected chi connectivity index (χ0v) is 24.4. The van der Waals surface area contributed by atoms with Crippen LogP contribution in [-0.2, 0) is 0 Å². The average Bonchev–Trinajstić information content (AvgIpc) is 3.06. The van der Waals surface area contributed by atoms with E-state index in [1.165, 1.54) is 0 Å². The maximum atomic E-state index is 11.7. The molecule has 0 atom stereocenters. The Bertz CT molecular complexity index is 2550. The summed E-state index contributed by atoms with van der Waals surface area (Å²) >= 11 is 0. The number of benzene rings is 8. The Balaban J connectivity index is 1.56. The van der Waals surface area contributed by atoms with E-state index >= 15 is 0 Å². The van der Waals surface area contributed by atoms with E-state index in [1.54, 1.807) is 42.5 Å². The summed E-state index contributed by atoms with van der Waals surface area (Å²) in [4.78, 5) is 11.7. The summed E-state index contributed by atoms with van der Waals surface area (Å²) in [6.45, 7) is 0. The van der Waals surface area contributed by atoms with Crippen molar-refractivity contribution in [1.82, 2.24) is 0 Å². The maximum Gasteiger partial charge on any atom is 0.335 e. The SMILES string of the molecule is O=C(O)c1ccc2cc(-c3c(-c4cccc5c(O)cccc45)c(-c4cccc5cc(O)ccc45)cc4cc(O)ccc34)ccc2c1. The number of hydrogen-bond donors (Lipinski definition) is 4. The predicted octanol–water partition coefficient (Wildman–Crippen LogP) is 10.1. The van der Waals surface area contributed by atoms with Crippen molar-refractivity contribution in [3.05, 3.63) is 139 Å². The lowest BCUT2D eigenvalue weighted by molar-refractivity contribution is 0.0697. The Kier molecular flexibility index (Phi) is 6.15. The third-order valence-corrected chi connectivity index (χ3v) is 8.82. The van der Waals surface area contributed by atoms with E-state index in [1.807, 2.05) is 66.7 Å². The minimum absolute atomic E-state index is 0.148. The van der Waals surface area contributed by atoms with Crippen LogP contribution in [0.4, 0.5) is 0 Å². The van der Waals surface area contributed by atoms with Crippen LogP contribution in [0.3, 0.4) is 0 Å². The molecule has 0 saturated heterocycles. The highest BCUT2D eigenvalue weighted by Gasteiger charge is 2.22. The first-order valence-electron chi connectivity index (χ1n) is 14.9. The van der Waals surface area contributed by atoms with Crippen LogP contribution in [-0.4, -0.2) is 26.4 Å². The summed E-state index contributed by atoms with van der Waals surface area (Å²) in [5.41, 5.74) is 5.80. The number of phenolic OH excluding ortho intramolecular Hbond substituents is 3. The van der Waals surface area contributed by atoms with Crippen LogP contribution in [0.25, 0.3) is 76.5 Å². The molecule has 5 heteroatoms. The van der Waals surface area contributed by atoms with Gasteiger partial charge in [-0.1, -0.05) is 78.9 Å². The summed E-state index contributed by atoms with van der Waals surface area (Å²) in [5.74, 6) is -0.460. The normalized spacial score (nSPS) is 11.5. The highest BCUT2D eigenvalue weighted by Crippen LogP contribution is 2.49. The van der Waals surface area contributed by atoms with Gasteiger partial charge in [-0.05, 0) is 126 Å². The van der Waals surface area contributed by atoms with Gasteiger partial charge in [0.2, 0.25) is 0 Å². The zero-order chi connectivity index (χ0) is 31.5. The van der Waals surface area contributed by atoms with Gasteiger partial charge in [-0.25, -0.2) is 4.79 Å². The van der Waals surface area contributed by atoms with Gasteiger partial charge in [0.25, 0.3) is 0 Å². The first-order chi connectivity index (χ1) is 22.4. The van der Waals surface area contributed by atoms with Crippen molar-refractivity contribution in [3.63, 3.8) is 0 Å². The Morgan fingerprint density at radius 3 is 1.93 bits per heavy atom. The lowest BCUT2D eigenvalue weighted by Gasteiger charge is -2.22. The smallest absolute Gasteiger partial charge is 0.335 e. The molecule has 0 aliphatic carbocycles. The van der Waals surface area contributed by atoms with E-state index in [4.69, 9.17) is 0 Å². The minimum Gasteiger partial charge on any atom is -0.508 e. The molecule has 220 valence electrons. The van der Waals surface area contributed by atoms with Crippen molar-refractivity contribution < 1.29 is 25.2 Å². The van der Waals surface area contributed by atoms with Crippen molar-refractivity contribution in [2.45, 2.75) is 0 Å². The monoisotopic (exact) mass is 598 g/mol. The topological polar surface area (TPSA) is 98.0 Å². The van der Waals surface area contributed by atoms with Gasteiger partial charge < -0.3 is 20.4 Å². The minimum atomic E-state index is -0.977. The van der Waals surface area contributed by atoms with E-state index < -0.39 is 5.97 Å². The Morgan fingerprint density at radius 2 is 1.11 bits per heavy atom. The van der Waals surface area contributed by atoms with Crippen LogP contribution in [0.5, 0.6) is 17.2 Å². The van der Waals surface area contributed by atoms with Crippen molar-refractivity contribution in [3.8, 4) is 50.6 Å². The molecule has 0 radical (unpaired) electrons. The van der Waals surface area contributed by atoms with Crippen LogP contribution < -0.4 is 0 Å². The van der Waals surface area contributed by atoms with Crippen LogP contribution >= 0.6 is 0 Å². The van der Waals surface area contributed by atoms with Crippen molar-refractivity contribution >= 4 is 49.1 Å². The van der Waals surface area contributed by atoms with Gasteiger partial charge in [0.05, 0.1) is 5.56 Å². The van der Waals surface area contributed by atoms with Crippen molar-refractivity contribution in [2.75, 3.05) is 0 Å². The second-order valence-corrected chi connectivity index (χ2v) is 11.6. The second-order valence-electron chi connectivity index (χ2n) is 11.6. The summed E-state index contributed by atoms with van der Waals surface area (Å²) in [5, 5.41) is 48.3. The van der Waals surface area contributed by atoms with E-state index in [-0.39, 0.29) is 22.8 Å². The van der Waals surface area contributed by atoms with Gasteiger partial charge in [-0.3, -0.25) is 0 Å². The molecule has 0 fully saturated rings. The molecule has 0 spiro atoms. The van der Waals surface area contributed by atoms with Crippen LogP contribution in [0.2, 0.25) is 0 Å². The molecular formula is C41H26O5. The number of aromatic hydroxyl groups is 3. The molecule has 0 unspecified atom stereocenters. The van der Waals surface area contributed by atoms with Crippen LogP contribution in [0, 0.1) is 0 Å². The van der Waals surface area contributed by atoms with Gasteiger partial charge >= 0.3 is 5.97 Å². The molecule has 8 rings (SSSR count). The fourth-order valence-electron chi connectivity index (χ4n) is 6.74. The maximum absolute atomic E-state index is 11.7. The molecule has 8 aromatic carbocycles. The van der Waals surface area contributed by atoms with Gasteiger partial charge in [-0.2, -0.15) is 0 Å². The second kappa shape index (κ2) is 10.4. The van der Waals surface area contributed by atoms with Gasteiger partial charge in [0.1, 0.15) is 17.2 Å². The highest BCUT2D eigenvalue weighted by atomic mass is 16.4. The molecule has 0 aromatic heterocycles. The molecule has 5 nitrogen and oxygen atoms in total. The standard InChI is InChI=1S/C41H26O5/c42-29-14-16-31-25(20-29)4-1-5-33(31)37-22-28-21-30(43)15-17-32(28)39(26-12-10-24-19-27(41(45)46)13-11-23(24)18-26)40(37)36-8-2-7-35-34(36)6-3-9-38(35)44/h1-22,42-44H,(H,45,46). The number of carboxylic acids is 1.